The van der Waals surface area contributed by atoms with Crippen molar-refractivity contribution >= 4 is 32.6 Å². The average Bonchev–Trinajstić information content (AvgIpc) is 3.19. The van der Waals surface area contributed by atoms with Crippen molar-refractivity contribution in [3.8, 4) is 11.5 Å². The molecule has 0 aliphatic carbocycles. The molecule has 2 N–H and O–H groups in total. The van der Waals surface area contributed by atoms with Crippen LogP contribution in [0.5, 0.6) is 11.5 Å². The molecule has 0 unspecified atom stereocenters. The number of benzene rings is 1. The van der Waals surface area contributed by atoms with Crippen molar-refractivity contribution in [1.29, 1.82) is 0 Å². The van der Waals surface area contributed by atoms with Gasteiger partial charge in [0, 0.05) is 58.1 Å². The van der Waals surface area contributed by atoms with Gasteiger partial charge in [-0.25, -0.2) is 4.98 Å². The van der Waals surface area contributed by atoms with Gasteiger partial charge in [-0.1, -0.05) is 11.3 Å². The lowest BCUT2D eigenvalue weighted by molar-refractivity contribution is 0.0958. The van der Waals surface area contributed by atoms with Gasteiger partial charge in [0.15, 0.2) is 5.13 Å². The number of hydrogen-bond donors (Lipinski definition) is 2. The molecule has 1 aromatic carbocycles. The highest BCUT2D eigenvalue weighted by molar-refractivity contribution is 7.22. The Bertz CT molecular complexity index is 1030. The predicted molar refractivity (Wildman–Crippen MR) is 124 cm³/mol. The number of thiazole rings is 1. The van der Waals surface area contributed by atoms with Gasteiger partial charge in [0.25, 0.3) is 5.91 Å². The Morgan fingerprint density at radius 3 is 2.77 bits per heavy atom. The van der Waals surface area contributed by atoms with Crippen LogP contribution in [0.15, 0.2) is 36.5 Å². The van der Waals surface area contributed by atoms with Crippen molar-refractivity contribution in [2.75, 3.05) is 58.7 Å². The van der Waals surface area contributed by atoms with E-state index in [9.17, 15) is 4.79 Å². The summed E-state index contributed by atoms with van der Waals surface area (Å²) >= 11 is 1.62. The van der Waals surface area contributed by atoms with Crippen LogP contribution in [0.25, 0.3) is 10.2 Å². The Morgan fingerprint density at radius 2 is 1.97 bits per heavy atom. The van der Waals surface area contributed by atoms with Gasteiger partial charge >= 0.3 is 0 Å². The van der Waals surface area contributed by atoms with Crippen LogP contribution in [-0.2, 0) is 0 Å². The molecule has 2 aromatic heterocycles. The average molecular weight is 441 g/mol. The molecule has 0 atom stereocenters. The minimum Gasteiger partial charge on any atom is -0.457 e. The Balaban J connectivity index is 1.32. The van der Waals surface area contributed by atoms with E-state index in [1.807, 2.05) is 18.2 Å². The highest BCUT2D eigenvalue weighted by Gasteiger charge is 2.13. The van der Waals surface area contributed by atoms with E-state index in [4.69, 9.17) is 4.74 Å². The molecule has 3 heterocycles. The number of ether oxygens (including phenoxy) is 1. The lowest BCUT2D eigenvalue weighted by Crippen LogP contribution is -2.44. The second kappa shape index (κ2) is 10.0. The highest BCUT2D eigenvalue weighted by Crippen LogP contribution is 2.31. The molecule has 1 amide bonds. The number of piperazine rings is 1. The molecule has 0 bridgehead atoms. The molecule has 9 heteroatoms. The van der Waals surface area contributed by atoms with E-state index in [2.05, 4.69) is 37.4 Å². The molecular weight excluding hydrogens is 412 g/mol. The third-order valence-corrected chi connectivity index (χ3v) is 6.29. The normalized spacial score (nSPS) is 15.2. The molecule has 1 aliphatic rings. The first-order chi connectivity index (χ1) is 15.1. The summed E-state index contributed by atoms with van der Waals surface area (Å²) in [5, 5.41) is 6.95. The summed E-state index contributed by atoms with van der Waals surface area (Å²) in [7, 11) is 3.76. The zero-order chi connectivity index (χ0) is 21.6. The largest absolute Gasteiger partial charge is 0.457 e. The third-order valence-electron chi connectivity index (χ3n) is 5.31. The van der Waals surface area contributed by atoms with Gasteiger partial charge in [0.1, 0.15) is 17.2 Å². The molecule has 0 radical (unpaired) electrons. The maximum Gasteiger partial charge on any atom is 0.269 e. The molecular formula is C22H28N6O2S. The number of aromatic nitrogens is 2. The van der Waals surface area contributed by atoms with E-state index in [-0.39, 0.29) is 5.91 Å². The van der Waals surface area contributed by atoms with E-state index in [1.54, 1.807) is 36.7 Å². The van der Waals surface area contributed by atoms with Gasteiger partial charge in [-0.15, -0.1) is 0 Å². The van der Waals surface area contributed by atoms with Gasteiger partial charge in [-0.05, 0) is 38.2 Å². The van der Waals surface area contributed by atoms with Crippen molar-refractivity contribution in [3.05, 3.63) is 42.2 Å². The van der Waals surface area contributed by atoms with Gasteiger partial charge in [-0.3, -0.25) is 9.78 Å². The van der Waals surface area contributed by atoms with Crippen LogP contribution in [0.3, 0.4) is 0 Å². The summed E-state index contributed by atoms with van der Waals surface area (Å²) < 4.78 is 6.99. The van der Waals surface area contributed by atoms with Crippen LogP contribution >= 0.6 is 11.3 Å². The van der Waals surface area contributed by atoms with Crippen molar-refractivity contribution in [2.45, 2.75) is 6.42 Å². The second-order valence-corrected chi connectivity index (χ2v) is 8.66. The van der Waals surface area contributed by atoms with E-state index in [1.165, 1.54) is 0 Å². The van der Waals surface area contributed by atoms with Gasteiger partial charge < -0.3 is 25.2 Å². The minimum absolute atomic E-state index is 0.244. The molecule has 164 valence electrons. The van der Waals surface area contributed by atoms with Crippen LogP contribution in [0.2, 0.25) is 0 Å². The summed E-state index contributed by atoms with van der Waals surface area (Å²) in [6.45, 7) is 6.65. The number of fused-ring (bicyclic) bond motifs is 1. The van der Waals surface area contributed by atoms with Gasteiger partial charge in [0.2, 0.25) is 0 Å². The first-order valence-electron chi connectivity index (χ1n) is 10.5. The summed E-state index contributed by atoms with van der Waals surface area (Å²) in [5.74, 6) is 1.03. The first kappa shape index (κ1) is 21.5. The lowest BCUT2D eigenvalue weighted by Gasteiger charge is -2.32. The zero-order valence-corrected chi connectivity index (χ0v) is 18.7. The lowest BCUT2D eigenvalue weighted by atomic mass is 10.3. The van der Waals surface area contributed by atoms with Crippen LogP contribution in [-0.4, -0.2) is 79.0 Å². The predicted octanol–water partition coefficient (Wildman–Crippen LogP) is 2.89. The fourth-order valence-corrected chi connectivity index (χ4v) is 4.40. The number of likely N-dealkylation sites (N-methyl/N-ethyl adjacent to an activating group) is 1. The van der Waals surface area contributed by atoms with E-state index >= 15 is 0 Å². The van der Waals surface area contributed by atoms with Crippen molar-refractivity contribution in [2.24, 2.45) is 0 Å². The highest BCUT2D eigenvalue weighted by atomic mass is 32.1. The molecule has 1 saturated heterocycles. The molecule has 1 aliphatic heterocycles. The minimum atomic E-state index is -0.244. The number of pyridine rings is 1. The zero-order valence-electron chi connectivity index (χ0n) is 17.9. The topological polar surface area (TPSA) is 82.6 Å². The smallest absolute Gasteiger partial charge is 0.269 e. The number of nitrogens with zero attached hydrogens (tertiary/aromatic N) is 4. The van der Waals surface area contributed by atoms with E-state index in [0.29, 0.717) is 17.2 Å². The standard InChI is InChI=1S/C22H28N6O2S/c1-23-21(29)19-14-17(6-8-24-19)30-16-4-5-18-20(15-16)31-22(26-18)25-7-3-9-28-12-10-27(2)11-13-28/h4-6,8,14-15H,3,7,9-13H2,1-2H3,(H,23,29)(H,25,26). The van der Waals surface area contributed by atoms with Crippen LogP contribution in [0.1, 0.15) is 16.9 Å². The fourth-order valence-electron chi connectivity index (χ4n) is 3.48. The van der Waals surface area contributed by atoms with Crippen molar-refractivity contribution < 1.29 is 9.53 Å². The molecule has 3 aromatic rings. The van der Waals surface area contributed by atoms with E-state index < -0.39 is 0 Å². The SMILES string of the molecule is CNC(=O)c1cc(Oc2ccc3nc(NCCCN4CCN(C)CC4)sc3c2)ccn1. The summed E-state index contributed by atoms with van der Waals surface area (Å²) in [5.41, 5.74) is 1.27. The Morgan fingerprint density at radius 1 is 1.16 bits per heavy atom. The maximum atomic E-state index is 11.8. The van der Waals surface area contributed by atoms with Crippen LogP contribution in [0.4, 0.5) is 5.13 Å². The Kier molecular flexibility index (Phi) is 6.96. The quantitative estimate of drug-likeness (QED) is 0.521. The number of carbonyl (C=O) groups excluding carboxylic acids is 1. The van der Waals surface area contributed by atoms with Crippen LogP contribution < -0.4 is 15.4 Å². The number of anilines is 1. The number of amides is 1. The number of nitrogens with one attached hydrogen (secondary N) is 2. The van der Waals surface area contributed by atoms with Gasteiger partial charge in [-0.2, -0.15) is 0 Å². The van der Waals surface area contributed by atoms with Crippen molar-refractivity contribution in [3.63, 3.8) is 0 Å². The fraction of sp³-hybridized carbons (Fsp3) is 0.409. The summed E-state index contributed by atoms with van der Waals surface area (Å²) in [4.78, 5) is 25.4. The summed E-state index contributed by atoms with van der Waals surface area (Å²) in [6, 6.07) is 9.18. The third kappa shape index (κ3) is 5.69. The monoisotopic (exact) mass is 440 g/mol. The molecule has 0 saturated carbocycles. The van der Waals surface area contributed by atoms with Gasteiger partial charge in [0.05, 0.1) is 10.2 Å². The molecule has 4 rings (SSSR count). The van der Waals surface area contributed by atoms with Crippen molar-refractivity contribution in [1.82, 2.24) is 25.1 Å². The second-order valence-electron chi connectivity index (χ2n) is 7.63. The number of carbonyl (C=O) groups is 1. The molecule has 1 fully saturated rings. The number of rotatable bonds is 8. The summed E-state index contributed by atoms with van der Waals surface area (Å²) in [6.07, 6.45) is 2.67. The molecule has 8 nitrogen and oxygen atoms in total. The first-order valence-corrected chi connectivity index (χ1v) is 11.3. The Hall–Kier alpha value is -2.75. The van der Waals surface area contributed by atoms with Crippen LogP contribution in [0, 0.1) is 0 Å². The molecule has 31 heavy (non-hydrogen) atoms. The van der Waals surface area contributed by atoms with E-state index in [0.717, 1.165) is 61.0 Å². The molecule has 0 spiro atoms. The number of hydrogen-bond acceptors (Lipinski definition) is 8. The maximum absolute atomic E-state index is 11.8. The Labute approximate surface area is 186 Å².